The predicted molar refractivity (Wildman–Crippen MR) is 140 cm³/mol. The topological polar surface area (TPSA) is 169 Å². The molecule has 206 valence electrons. The van der Waals surface area contributed by atoms with Gasteiger partial charge in [0.25, 0.3) is 5.91 Å². The van der Waals surface area contributed by atoms with Gasteiger partial charge in [-0.15, -0.1) is 0 Å². The molecule has 1 aromatic heterocycles. The summed E-state index contributed by atoms with van der Waals surface area (Å²) in [5.41, 5.74) is 1.40. The molecule has 5 N–H and O–H groups in total. The van der Waals surface area contributed by atoms with E-state index < -0.39 is 35.5 Å². The summed E-state index contributed by atoms with van der Waals surface area (Å²) in [5.74, 6) is -3.67. The molecule has 11 nitrogen and oxygen atoms in total. The van der Waals surface area contributed by atoms with Crippen LogP contribution in [0.5, 0.6) is 5.75 Å². The molecule has 0 spiro atoms. The Morgan fingerprint density at radius 2 is 1.79 bits per heavy atom. The number of furan rings is 1. The fourth-order valence-electron chi connectivity index (χ4n) is 4.36. The lowest BCUT2D eigenvalue weighted by molar-refractivity contribution is -0.168. The van der Waals surface area contributed by atoms with Crippen LogP contribution in [0.4, 0.5) is 0 Å². The van der Waals surface area contributed by atoms with Crippen LogP contribution in [0.15, 0.2) is 59.0 Å². The first kappa shape index (κ1) is 28.9. The third kappa shape index (κ3) is 7.23. The van der Waals surface area contributed by atoms with Gasteiger partial charge in [-0.05, 0) is 61.6 Å². The standard InChI is InChI=1S/C28H31N3O8/c1-3-22(31(38)16-32)19(10-9-18-7-5-4-6-8-18)26(34)29-15-30-27(35)24-12-11-23(39-24)20-13-17(2)14-21(25(20)33)28(36)37/h4-8,11-14,16,19,22,33,38H,3,9-10,15H2,1-2H3,(H,29,34)(H,30,35)(H,36,37)/t19-,22-/m1/s1. The van der Waals surface area contributed by atoms with E-state index in [1.807, 2.05) is 30.3 Å². The molecule has 0 radical (unpaired) electrons. The van der Waals surface area contributed by atoms with Crippen LogP contribution in [0, 0.1) is 12.8 Å². The number of carbonyl (C=O) groups is 4. The van der Waals surface area contributed by atoms with Crippen molar-refractivity contribution in [2.24, 2.45) is 5.92 Å². The van der Waals surface area contributed by atoms with Crippen molar-refractivity contribution in [2.75, 3.05) is 6.67 Å². The molecule has 0 fully saturated rings. The van der Waals surface area contributed by atoms with E-state index in [-0.39, 0.29) is 35.7 Å². The van der Waals surface area contributed by atoms with Gasteiger partial charge in [-0.1, -0.05) is 37.3 Å². The number of nitrogens with one attached hydrogen (secondary N) is 2. The number of hydrogen-bond acceptors (Lipinski definition) is 7. The van der Waals surface area contributed by atoms with E-state index in [2.05, 4.69) is 10.6 Å². The van der Waals surface area contributed by atoms with Crippen LogP contribution >= 0.6 is 0 Å². The number of nitrogens with zero attached hydrogens (tertiary/aromatic N) is 1. The van der Waals surface area contributed by atoms with Gasteiger partial charge in [0.1, 0.15) is 17.1 Å². The van der Waals surface area contributed by atoms with Gasteiger partial charge in [0.05, 0.1) is 24.2 Å². The number of benzene rings is 2. The third-order valence-electron chi connectivity index (χ3n) is 6.35. The minimum absolute atomic E-state index is 0.0940. The van der Waals surface area contributed by atoms with Gasteiger partial charge in [-0.3, -0.25) is 19.6 Å². The van der Waals surface area contributed by atoms with E-state index in [4.69, 9.17) is 4.42 Å². The first-order valence-electron chi connectivity index (χ1n) is 12.4. The van der Waals surface area contributed by atoms with Crippen LogP contribution in [0.2, 0.25) is 0 Å². The SMILES string of the molecule is CC[C@H]([C@@H](CCc1ccccc1)C(=O)NCNC(=O)c1ccc(-c2cc(C)cc(C(=O)O)c2O)o1)N(O)C=O. The van der Waals surface area contributed by atoms with Crippen molar-refractivity contribution in [2.45, 2.75) is 39.2 Å². The van der Waals surface area contributed by atoms with E-state index in [0.29, 0.717) is 29.9 Å². The van der Waals surface area contributed by atoms with Gasteiger partial charge in [0.2, 0.25) is 12.3 Å². The van der Waals surface area contributed by atoms with E-state index in [9.17, 15) is 34.6 Å². The Morgan fingerprint density at radius 3 is 2.44 bits per heavy atom. The van der Waals surface area contributed by atoms with Gasteiger partial charge < -0.3 is 25.3 Å². The van der Waals surface area contributed by atoms with Crippen molar-refractivity contribution in [1.82, 2.24) is 15.7 Å². The molecule has 11 heteroatoms. The van der Waals surface area contributed by atoms with Crippen molar-refractivity contribution in [3.63, 3.8) is 0 Å². The maximum atomic E-state index is 13.0. The molecule has 39 heavy (non-hydrogen) atoms. The number of carbonyl (C=O) groups excluding carboxylic acids is 3. The van der Waals surface area contributed by atoms with E-state index in [1.54, 1.807) is 13.8 Å². The highest BCUT2D eigenvalue weighted by atomic mass is 16.5. The van der Waals surface area contributed by atoms with Crippen LogP contribution in [0.3, 0.4) is 0 Å². The van der Waals surface area contributed by atoms with Crippen LogP contribution in [-0.4, -0.2) is 57.4 Å². The molecule has 0 aliphatic heterocycles. The van der Waals surface area contributed by atoms with Crippen LogP contribution in [-0.2, 0) is 16.0 Å². The minimum Gasteiger partial charge on any atom is -0.506 e. The monoisotopic (exact) mass is 537 g/mol. The maximum Gasteiger partial charge on any atom is 0.339 e. The summed E-state index contributed by atoms with van der Waals surface area (Å²) in [5, 5.41) is 35.3. The first-order chi connectivity index (χ1) is 18.7. The number of phenols is 1. The maximum absolute atomic E-state index is 13.0. The number of rotatable bonds is 13. The molecule has 0 bridgehead atoms. The van der Waals surface area contributed by atoms with Crippen molar-refractivity contribution < 1.29 is 39.0 Å². The zero-order valence-electron chi connectivity index (χ0n) is 21.6. The van der Waals surface area contributed by atoms with Gasteiger partial charge in [0.15, 0.2) is 5.76 Å². The fourth-order valence-corrected chi connectivity index (χ4v) is 4.36. The molecule has 3 amide bonds. The van der Waals surface area contributed by atoms with Crippen LogP contribution < -0.4 is 10.6 Å². The smallest absolute Gasteiger partial charge is 0.339 e. The summed E-state index contributed by atoms with van der Waals surface area (Å²) in [7, 11) is 0. The van der Waals surface area contributed by atoms with Crippen molar-refractivity contribution >= 4 is 24.2 Å². The van der Waals surface area contributed by atoms with Crippen LogP contribution in [0.1, 0.15) is 51.8 Å². The molecule has 3 rings (SSSR count). The molecule has 0 saturated heterocycles. The van der Waals surface area contributed by atoms with Crippen molar-refractivity contribution in [3.05, 3.63) is 77.0 Å². The molecule has 2 aromatic carbocycles. The molecule has 2 atom stereocenters. The number of hydroxylamine groups is 2. The highest BCUT2D eigenvalue weighted by molar-refractivity contribution is 5.95. The molecule has 0 saturated carbocycles. The summed E-state index contributed by atoms with van der Waals surface area (Å²) in [6.07, 6.45) is 1.49. The highest BCUT2D eigenvalue weighted by Crippen LogP contribution is 2.34. The molecular weight excluding hydrogens is 506 g/mol. The van der Waals surface area contributed by atoms with Gasteiger partial charge in [0, 0.05) is 0 Å². The van der Waals surface area contributed by atoms with Crippen molar-refractivity contribution in [3.8, 4) is 17.1 Å². The minimum atomic E-state index is -1.30. The number of aromatic carboxylic acids is 1. The summed E-state index contributed by atoms with van der Waals surface area (Å²) < 4.78 is 5.54. The summed E-state index contributed by atoms with van der Waals surface area (Å²) >= 11 is 0. The Kier molecular flexibility index (Phi) is 9.82. The Bertz CT molecular complexity index is 1320. The average molecular weight is 538 g/mol. The lowest BCUT2D eigenvalue weighted by Crippen LogP contribution is -2.47. The Labute approximate surface area is 225 Å². The number of hydrogen-bond donors (Lipinski definition) is 5. The Morgan fingerprint density at radius 1 is 1.08 bits per heavy atom. The molecular formula is C28H31N3O8. The zero-order chi connectivity index (χ0) is 28.5. The largest absolute Gasteiger partial charge is 0.506 e. The van der Waals surface area contributed by atoms with E-state index in [1.165, 1.54) is 24.3 Å². The van der Waals surface area contributed by atoms with Gasteiger partial charge >= 0.3 is 5.97 Å². The number of carboxylic acid groups (broad SMARTS) is 1. The first-order valence-corrected chi connectivity index (χ1v) is 12.4. The van der Waals surface area contributed by atoms with E-state index in [0.717, 1.165) is 5.56 Å². The highest BCUT2D eigenvalue weighted by Gasteiger charge is 2.31. The quantitative estimate of drug-likeness (QED) is 0.0957. The van der Waals surface area contributed by atoms with Gasteiger partial charge in [-0.2, -0.15) is 0 Å². The average Bonchev–Trinajstić information content (AvgIpc) is 3.42. The summed E-state index contributed by atoms with van der Waals surface area (Å²) in [6.45, 7) is 3.16. The normalized spacial score (nSPS) is 12.3. The second kappa shape index (κ2) is 13.2. The lowest BCUT2D eigenvalue weighted by atomic mass is 9.90. The number of aryl methyl sites for hydroxylation is 2. The lowest BCUT2D eigenvalue weighted by Gasteiger charge is -2.29. The number of aromatic hydroxyl groups is 1. The zero-order valence-corrected chi connectivity index (χ0v) is 21.6. The second-order valence-corrected chi connectivity index (χ2v) is 8.99. The second-order valence-electron chi connectivity index (χ2n) is 8.99. The van der Waals surface area contributed by atoms with Crippen LogP contribution in [0.25, 0.3) is 11.3 Å². The van der Waals surface area contributed by atoms with E-state index >= 15 is 0 Å². The molecule has 0 aliphatic rings. The predicted octanol–water partition coefficient (Wildman–Crippen LogP) is 3.34. The third-order valence-corrected chi connectivity index (χ3v) is 6.35. The Balaban J connectivity index is 1.66. The molecule has 3 aromatic rings. The van der Waals surface area contributed by atoms with Gasteiger partial charge in [-0.25, -0.2) is 9.86 Å². The Hall–Kier alpha value is -4.64. The summed E-state index contributed by atoms with van der Waals surface area (Å²) in [4.78, 5) is 48.2. The number of amides is 3. The van der Waals surface area contributed by atoms with Crippen molar-refractivity contribution in [1.29, 1.82) is 0 Å². The molecule has 0 aliphatic carbocycles. The number of carboxylic acids is 1. The molecule has 1 heterocycles. The summed E-state index contributed by atoms with van der Waals surface area (Å²) in [6, 6.07) is 14.4. The molecule has 0 unspecified atom stereocenters. The fraction of sp³-hybridized carbons (Fsp3) is 0.286.